The Bertz CT molecular complexity index is 953. The molecular formula is C21H20ClNO3S. The van der Waals surface area contributed by atoms with Crippen molar-refractivity contribution in [2.45, 2.75) is 50.7 Å². The van der Waals surface area contributed by atoms with Crippen LogP contribution in [0.3, 0.4) is 0 Å². The van der Waals surface area contributed by atoms with E-state index in [9.17, 15) is 9.59 Å². The standard InChI is InChI=1S/C21H20ClNO3S/c1-3-13-17(23-20(27-13)10-4-6-11(22)7-5-10)15-18(24)14-12-8-9-21(2,26-12)16(14)19(15)25/h4-7,12,14-16H,3,8-9H2,1-2H3. The highest BCUT2D eigenvalue weighted by molar-refractivity contribution is 7.15. The van der Waals surface area contributed by atoms with Crippen molar-refractivity contribution >= 4 is 34.5 Å². The van der Waals surface area contributed by atoms with E-state index in [0.29, 0.717) is 10.7 Å². The van der Waals surface area contributed by atoms with Crippen molar-refractivity contribution in [3.63, 3.8) is 0 Å². The van der Waals surface area contributed by atoms with Crippen LogP contribution in [0.4, 0.5) is 0 Å². The molecule has 1 saturated carbocycles. The Morgan fingerprint density at radius 3 is 2.67 bits per heavy atom. The summed E-state index contributed by atoms with van der Waals surface area (Å²) in [5.74, 6) is -1.29. The smallest absolute Gasteiger partial charge is 0.156 e. The Morgan fingerprint density at radius 2 is 2.00 bits per heavy atom. The quantitative estimate of drug-likeness (QED) is 0.713. The van der Waals surface area contributed by atoms with E-state index in [0.717, 1.165) is 34.7 Å². The molecule has 2 bridgehead atoms. The van der Waals surface area contributed by atoms with Gasteiger partial charge in [-0.3, -0.25) is 9.59 Å². The van der Waals surface area contributed by atoms with E-state index < -0.39 is 11.5 Å². The summed E-state index contributed by atoms with van der Waals surface area (Å²) in [5.41, 5.74) is 1.15. The van der Waals surface area contributed by atoms with Crippen molar-refractivity contribution in [1.29, 1.82) is 0 Å². The molecule has 5 atom stereocenters. The third-order valence-corrected chi connectivity index (χ3v) is 7.90. The van der Waals surface area contributed by atoms with Gasteiger partial charge >= 0.3 is 0 Å². The van der Waals surface area contributed by atoms with Crippen LogP contribution in [0.1, 0.15) is 43.2 Å². The summed E-state index contributed by atoms with van der Waals surface area (Å²) in [6.07, 6.45) is 2.39. The number of aromatic nitrogens is 1. The molecule has 0 N–H and O–H groups in total. The number of Topliss-reactive ketones (excluding diaryl/α,β-unsaturated/α-hetero) is 2. The second kappa shape index (κ2) is 5.97. The van der Waals surface area contributed by atoms with E-state index in [2.05, 4.69) is 0 Å². The van der Waals surface area contributed by atoms with Gasteiger partial charge in [0.2, 0.25) is 0 Å². The van der Waals surface area contributed by atoms with Gasteiger partial charge in [0, 0.05) is 15.5 Å². The van der Waals surface area contributed by atoms with E-state index in [4.69, 9.17) is 21.3 Å². The largest absolute Gasteiger partial charge is 0.370 e. The maximum absolute atomic E-state index is 13.3. The van der Waals surface area contributed by atoms with Crippen LogP contribution in [0, 0.1) is 11.8 Å². The predicted octanol–water partition coefficient (Wildman–Crippen LogP) is 4.45. The highest BCUT2D eigenvalue weighted by atomic mass is 35.5. The van der Waals surface area contributed by atoms with Crippen LogP contribution in [0.25, 0.3) is 10.6 Å². The Kier molecular flexibility index (Phi) is 3.87. The highest BCUT2D eigenvalue weighted by Gasteiger charge is 2.68. The molecule has 140 valence electrons. The van der Waals surface area contributed by atoms with Crippen LogP contribution >= 0.6 is 22.9 Å². The first kappa shape index (κ1) is 17.5. The first-order valence-corrected chi connectivity index (χ1v) is 10.6. The average molecular weight is 402 g/mol. The summed E-state index contributed by atoms with van der Waals surface area (Å²) in [6, 6.07) is 7.50. The van der Waals surface area contributed by atoms with Gasteiger partial charge in [0.15, 0.2) is 11.6 Å². The van der Waals surface area contributed by atoms with E-state index in [1.807, 2.05) is 38.1 Å². The topological polar surface area (TPSA) is 56.3 Å². The molecule has 3 aliphatic rings. The molecule has 5 unspecified atom stereocenters. The predicted molar refractivity (Wildman–Crippen MR) is 104 cm³/mol. The number of nitrogens with zero attached hydrogens (tertiary/aromatic N) is 1. The van der Waals surface area contributed by atoms with Crippen molar-refractivity contribution < 1.29 is 14.3 Å². The number of ketones is 2. The number of halogens is 1. The first-order chi connectivity index (χ1) is 12.9. The Labute approximate surface area is 166 Å². The maximum atomic E-state index is 13.3. The molecule has 1 aromatic carbocycles. The van der Waals surface area contributed by atoms with Gasteiger partial charge in [-0.25, -0.2) is 4.98 Å². The number of carbonyl (C=O) groups excluding carboxylic acids is 2. The normalized spacial score (nSPS) is 34.5. The number of fused-ring (bicyclic) bond motifs is 5. The van der Waals surface area contributed by atoms with E-state index >= 15 is 0 Å². The van der Waals surface area contributed by atoms with Crippen molar-refractivity contribution in [1.82, 2.24) is 4.98 Å². The second-order valence-electron chi connectivity index (χ2n) is 7.94. The highest BCUT2D eigenvalue weighted by Crippen LogP contribution is 2.58. The number of rotatable bonds is 3. The molecule has 3 fully saturated rings. The fourth-order valence-electron chi connectivity index (χ4n) is 5.13. The van der Waals surface area contributed by atoms with Gasteiger partial charge in [-0.15, -0.1) is 11.3 Å². The number of ether oxygens (including phenoxy) is 1. The second-order valence-corrected chi connectivity index (χ2v) is 9.46. The molecule has 27 heavy (non-hydrogen) atoms. The van der Waals surface area contributed by atoms with Crippen molar-refractivity contribution in [2.24, 2.45) is 11.8 Å². The molecule has 2 aromatic rings. The fourth-order valence-corrected chi connectivity index (χ4v) is 6.30. The average Bonchev–Trinajstić information content (AvgIpc) is 3.36. The summed E-state index contributed by atoms with van der Waals surface area (Å²) in [5, 5.41) is 1.51. The van der Waals surface area contributed by atoms with Gasteiger partial charge in [-0.1, -0.05) is 30.7 Å². The van der Waals surface area contributed by atoms with Crippen molar-refractivity contribution in [2.75, 3.05) is 0 Å². The van der Waals surface area contributed by atoms with Crippen LogP contribution in [0.2, 0.25) is 5.02 Å². The zero-order chi connectivity index (χ0) is 18.9. The Balaban J connectivity index is 1.56. The van der Waals surface area contributed by atoms with Gasteiger partial charge in [-0.05, 0) is 38.3 Å². The minimum absolute atomic E-state index is 0.0114. The van der Waals surface area contributed by atoms with Gasteiger partial charge < -0.3 is 4.74 Å². The molecule has 3 heterocycles. The summed E-state index contributed by atoms with van der Waals surface area (Å²) in [6.45, 7) is 4.04. The molecule has 0 amide bonds. The SMILES string of the molecule is CCc1sc(-c2ccc(Cl)cc2)nc1C1C(=O)C2C3CCC(C)(O3)C2C1=O. The summed E-state index contributed by atoms with van der Waals surface area (Å²) in [7, 11) is 0. The molecular weight excluding hydrogens is 382 g/mol. The molecule has 5 rings (SSSR count). The van der Waals surface area contributed by atoms with Crippen molar-refractivity contribution in [3.05, 3.63) is 39.9 Å². The monoisotopic (exact) mass is 401 g/mol. The number of hydrogen-bond acceptors (Lipinski definition) is 5. The summed E-state index contributed by atoms with van der Waals surface area (Å²) in [4.78, 5) is 32.3. The van der Waals surface area contributed by atoms with Crippen molar-refractivity contribution in [3.8, 4) is 10.6 Å². The maximum Gasteiger partial charge on any atom is 0.156 e. The lowest BCUT2D eigenvalue weighted by Crippen LogP contribution is -2.37. The lowest BCUT2D eigenvalue weighted by atomic mass is 9.74. The fraction of sp³-hybridized carbons (Fsp3) is 0.476. The van der Waals surface area contributed by atoms with Crippen LogP contribution < -0.4 is 0 Å². The summed E-state index contributed by atoms with van der Waals surface area (Å²) < 4.78 is 6.02. The molecule has 1 aliphatic carbocycles. The zero-order valence-corrected chi connectivity index (χ0v) is 16.8. The minimum Gasteiger partial charge on any atom is -0.370 e. The van der Waals surface area contributed by atoms with E-state index in [1.165, 1.54) is 0 Å². The van der Waals surface area contributed by atoms with Crippen LogP contribution in [-0.2, 0) is 20.7 Å². The lowest BCUT2D eigenvalue weighted by Gasteiger charge is -2.26. The molecule has 6 heteroatoms. The summed E-state index contributed by atoms with van der Waals surface area (Å²) >= 11 is 7.55. The van der Waals surface area contributed by atoms with Gasteiger partial charge in [0.25, 0.3) is 0 Å². The number of thiazole rings is 1. The number of benzene rings is 1. The van der Waals surface area contributed by atoms with Gasteiger partial charge in [0.1, 0.15) is 10.9 Å². The first-order valence-electron chi connectivity index (χ1n) is 9.44. The van der Waals surface area contributed by atoms with Crippen LogP contribution in [0.5, 0.6) is 0 Å². The molecule has 1 aromatic heterocycles. The molecule has 4 nitrogen and oxygen atoms in total. The molecule has 2 aliphatic heterocycles. The molecule has 0 spiro atoms. The minimum atomic E-state index is -0.726. The zero-order valence-electron chi connectivity index (χ0n) is 15.2. The Hall–Kier alpha value is -1.56. The Morgan fingerprint density at radius 1 is 1.26 bits per heavy atom. The number of aryl methyl sites for hydroxylation is 1. The molecule has 2 saturated heterocycles. The molecule has 0 radical (unpaired) electrons. The van der Waals surface area contributed by atoms with E-state index in [1.54, 1.807) is 11.3 Å². The number of carbonyl (C=O) groups is 2. The third kappa shape index (κ3) is 2.41. The van der Waals surface area contributed by atoms with E-state index in [-0.39, 0.29) is 29.5 Å². The lowest BCUT2D eigenvalue weighted by molar-refractivity contribution is -0.129. The van der Waals surface area contributed by atoms with Gasteiger partial charge in [-0.2, -0.15) is 0 Å². The van der Waals surface area contributed by atoms with Crippen LogP contribution in [-0.4, -0.2) is 28.3 Å². The van der Waals surface area contributed by atoms with Crippen LogP contribution in [0.15, 0.2) is 24.3 Å². The third-order valence-electron chi connectivity index (χ3n) is 6.38. The number of hydrogen-bond donors (Lipinski definition) is 0. The van der Waals surface area contributed by atoms with Gasteiger partial charge in [0.05, 0.1) is 29.2 Å².